The second-order valence-corrected chi connectivity index (χ2v) is 14.6. The van der Waals surface area contributed by atoms with Gasteiger partial charge in [-0.2, -0.15) is 5.10 Å². The van der Waals surface area contributed by atoms with Crippen molar-refractivity contribution in [1.29, 1.82) is 0 Å². The van der Waals surface area contributed by atoms with Crippen LogP contribution in [0.25, 0.3) is 33.4 Å². The van der Waals surface area contributed by atoms with Crippen LogP contribution in [0.3, 0.4) is 0 Å². The molecule has 0 amide bonds. The van der Waals surface area contributed by atoms with Gasteiger partial charge in [-0.25, -0.2) is 29.6 Å². The molecule has 0 fully saturated rings. The number of nitrogens with zero attached hydrogens (tertiary/aromatic N) is 9. The number of benzene rings is 2. The van der Waals surface area contributed by atoms with Crippen molar-refractivity contribution >= 4 is 46.3 Å². The Morgan fingerprint density at radius 1 is 0.836 bits per heavy atom. The van der Waals surface area contributed by atoms with Crippen molar-refractivity contribution in [3.8, 4) is 11.3 Å². The Kier molecular flexibility index (Phi) is 18.1. The average Bonchev–Trinajstić information content (AvgIpc) is 3.81. The number of carbonyl (C=O) groups excluding carboxylic acids is 2. The number of likely N-dealkylation sites (N-methyl/N-ethyl adjacent to an activating group) is 2. The quantitative estimate of drug-likeness (QED) is 0.0870. The predicted molar refractivity (Wildman–Crippen MR) is 232 cm³/mol. The first-order valence-corrected chi connectivity index (χ1v) is 20.1. The molecule has 0 saturated heterocycles. The van der Waals surface area contributed by atoms with Gasteiger partial charge in [-0.15, -0.1) is 0 Å². The van der Waals surface area contributed by atoms with E-state index in [2.05, 4.69) is 60.0 Å². The van der Waals surface area contributed by atoms with Crippen LogP contribution in [0.2, 0.25) is 0 Å². The van der Waals surface area contributed by atoms with E-state index in [0.29, 0.717) is 88.6 Å². The first kappa shape index (κ1) is 46.3. The van der Waals surface area contributed by atoms with E-state index >= 15 is 0 Å². The Balaban J connectivity index is 0.000000206. The first-order valence-electron chi connectivity index (χ1n) is 20.1. The van der Waals surface area contributed by atoms with Crippen molar-refractivity contribution in [3.63, 3.8) is 0 Å². The molecule has 0 bridgehead atoms. The van der Waals surface area contributed by atoms with Crippen LogP contribution in [-0.4, -0.2) is 144 Å². The van der Waals surface area contributed by atoms with E-state index in [1.165, 1.54) is 29.2 Å². The van der Waals surface area contributed by atoms with E-state index in [4.69, 9.17) is 39.9 Å². The minimum absolute atomic E-state index is 0.238. The van der Waals surface area contributed by atoms with Crippen molar-refractivity contribution in [3.05, 3.63) is 82.9 Å². The van der Waals surface area contributed by atoms with E-state index in [1.54, 1.807) is 6.92 Å². The number of hydrogen-bond acceptors (Lipinski definition) is 17. The van der Waals surface area contributed by atoms with Crippen molar-refractivity contribution < 1.29 is 33.0 Å². The van der Waals surface area contributed by atoms with Gasteiger partial charge in [0.25, 0.3) is 0 Å². The normalized spacial score (nSPS) is 12.5. The third-order valence-electron chi connectivity index (χ3n) is 9.41. The van der Waals surface area contributed by atoms with Gasteiger partial charge in [-0.05, 0) is 69.4 Å². The number of ether oxygens (including phenoxy) is 4. The van der Waals surface area contributed by atoms with Gasteiger partial charge in [0.2, 0.25) is 0 Å². The maximum Gasteiger partial charge on any atom is 0.192 e. The molecule has 1 aliphatic heterocycles. The Hall–Kier alpha value is -5.76. The molecule has 0 aliphatic carbocycles. The fourth-order valence-corrected chi connectivity index (χ4v) is 6.28. The summed E-state index contributed by atoms with van der Waals surface area (Å²) in [7, 11) is 6.19. The van der Waals surface area contributed by atoms with Crippen LogP contribution in [0.1, 0.15) is 45.2 Å². The third kappa shape index (κ3) is 14.2. The highest BCUT2D eigenvalue weighted by Crippen LogP contribution is 2.32. The second-order valence-electron chi connectivity index (χ2n) is 14.6. The number of fused-ring (bicyclic) bond motifs is 3. The van der Waals surface area contributed by atoms with Gasteiger partial charge >= 0.3 is 0 Å². The molecule has 61 heavy (non-hydrogen) atoms. The van der Waals surface area contributed by atoms with E-state index in [-0.39, 0.29) is 5.82 Å². The smallest absolute Gasteiger partial charge is 0.192 e. The van der Waals surface area contributed by atoms with Gasteiger partial charge in [0, 0.05) is 44.7 Å². The highest BCUT2D eigenvalue weighted by molar-refractivity contribution is 5.99. The lowest BCUT2D eigenvalue weighted by atomic mass is 9.97. The lowest BCUT2D eigenvalue weighted by Gasteiger charge is -2.25. The molecule has 0 atom stereocenters. The predicted octanol–water partition coefficient (Wildman–Crippen LogP) is 3.94. The molecule has 0 saturated carbocycles. The number of nitrogen functional groups attached to an aromatic ring is 2. The zero-order chi connectivity index (χ0) is 43.6. The molecule has 326 valence electrons. The van der Waals surface area contributed by atoms with Gasteiger partial charge in [0.1, 0.15) is 41.3 Å². The highest BCUT2D eigenvalue weighted by atomic mass is 16.6. The molecule has 5 heterocycles. The van der Waals surface area contributed by atoms with Gasteiger partial charge in [-0.1, -0.05) is 18.2 Å². The Morgan fingerprint density at radius 3 is 2.25 bits per heavy atom. The summed E-state index contributed by atoms with van der Waals surface area (Å²) < 4.78 is 28.7. The monoisotopic (exact) mass is 839 g/mol. The molecular formula is C43H57N11O7. The lowest BCUT2D eigenvalue weighted by Crippen LogP contribution is -2.26. The van der Waals surface area contributed by atoms with E-state index < -0.39 is 0 Å². The first-order chi connectivity index (χ1) is 29.6. The summed E-state index contributed by atoms with van der Waals surface area (Å²) in [6.45, 7) is 11.7. The fraction of sp³-hybridized carbons (Fsp3) is 0.442. The highest BCUT2D eigenvalue weighted by Gasteiger charge is 2.19. The lowest BCUT2D eigenvalue weighted by molar-refractivity contribution is -0.109. The number of aryl methyl sites for hydroxylation is 2. The molecule has 0 radical (unpaired) electrons. The zero-order valence-electron chi connectivity index (χ0n) is 35.7. The molecular weight excluding hydrogens is 783 g/mol. The van der Waals surface area contributed by atoms with Crippen LogP contribution in [0.5, 0.6) is 0 Å². The largest absolute Gasteiger partial charge is 0.441 e. The van der Waals surface area contributed by atoms with Gasteiger partial charge in [0.15, 0.2) is 23.4 Å². The minimum atomic E-state index is 0.238. The molecule has 4 N–H and O–H groups in total. The summed E-state index contributed by atoms with van der Waals surface area (Å²) >= 11 is 0. The molecule has 18 nitrogen and oxygen atoms in total. The van der Waals surface area contributed by atoms with E-state index in [1.807, 2.05) is 43.9 Å². The number of aromatic nitrogens is 7. The average molecular weight is 840 g/mol. The van der Waals surface area contributed by atoms with Crippen LogP contribution in [0, 0.1) is 13.8 Å². The SMILES string of the molecule is CN(C)CCOCCOCCOCCOCCC=O.Cc1nc2cc(-c3nn(Cc4ccc5c(c4)CCN(C)C5)c4ncnc(N)c34)ccc2o1.Cc1ncc(C=O)c(N)n1. The summed E-state index contributed by atoms with van der Waals surface area (Å²) in [6.07, 6.45) is 5.88. The summed E-state index contributed by atoms with van der Waals surface area (Å²) in [5.41, 5.74) is 19.9. The number of nitrogens with two attached hydrogens (primary N) is 2. The number of rotatable bonds is 19. The number of anilines is 2. The Bertz CT molecular complexity index is 2310. The minimum Gasteiger partial charge on any atom is -0.441 e. The summed E-state index contributed by atoms with van der Waals surface area (Å²) in [5.74, 6) is 1.86. The van der Waals surface area contributed by atoms with E-state index in [0.717, 1.165) is 72.3 Å². The molecule has 0 spiro atoms. The standard InChI is InChI=1S/C24H23N7O.C13H27NO5.C6H7N3O/c1-14-28-19-10-17(5-6-20(19)32-14)22-21-23(25)26-13-27-24(21)31(29-22)11-15-3-4-18-12-30(2)8-7-16(18)9-15;1-14(2)4-7-17-9-11-19-13-12-18-10-8-16-6-3-5-15;1-4-8-2-5(3-10)6(7)9-4/h3-6,9-10,13H,7-8,11-12H2,1-2H3,(H2,25,26,27);5H,3-4,6-13H2,1-2H3;2-3H,1H3,(H2,7,8,9). The van der Waals surface area contributed by atoms with Crippen LogP contribution in [-0.2, 0) is 43.3 Å². The zero-order valence-corrected chi connectivity index (χ0v) is 35.7. The van der Waals surface area contributed by atoms with Crippen molar-refractivity contribution in [2.45, 2.75) is 39.8 Å². The number of aldehydes is 2. The Labute approximate surface area is 355 Å². The molecule has 6 aromatic rings. The van der Waals surface area contributed by atoms with Crippen LogP contribution in [0.15, 0.2) is 53.3 Å². The van der Waals surface area contributed by atoms with Gasteiger partial charge in [0.05, 0.1) is 70.3 Å². The summed E-state index contributed by atoms with van der Waals surface area (Å²) in [6, 6.07) is 12.6. The van der Waals surface area contributed by atoms with Gasteiger partial charge < -0.3 is 49.4 Å². The Morgan fingerprint density at radius 2 is 1.56 bits per heavy atom. The number of carbonyl (C=O) groups is 2. The third-order valence-corrected chi connectivity index (χ3v) is 9.41. The molecule has 18 heteroatoms. The van der Waals surface area contributed by atoms with Crippen LogP contribution in [0.4, 0.5) is 11.6 Å². The van der Waals surface area contributed by atoms with E-state index in [9.17, 15) is 9.59 Å². The molecule has 4 aromatic heterocycles. The van der Waals surface area contributed by atoms with Crippen molar-refractivity contribution in [2.75, 3.05) is 98.6 Å². The topological polar surface area (TPSA) is 225 Å². The van der Waals surface area contributed by atoms with Crippen LogP contribution >= 0.6 is 0 Å². The maximum absolute atomic E-state index is 10.2. The van der Waals surface area contributed by atoms with Crippen LogP contribution < -0.4 is 11.5 Å². The number of hydrogen-bond donors (Lipinski definition) is 2. The summed E-state index contributed by atoms with van der Waals surface area (Å²) in [4.78, 5) is 45.4. The van der Waals surface area contributed by atoms with Crippen molar-refractivity contribution in [2.24, 2.45) is 0 Å². The van der Waals surface area contributed by atoms with Gasteiger partial charge in [-0.3, -0.25) is 4.79 Å². The number of oxazole rings is 1. The fourth-order valence-electron chi connectivity index (χ4n) is 6.28. The molecule has 1 aliphatic rings. The summed E-state index contributed by atoms with van der Waals surface area (Å²) in [5, 5.41) is 5.68. The second kappa shape index (κ2) is 23.9. The molecule has 0 unspecified atom stereocenters. The van der Waals surface area contributed by atoms with Crippen molar-refractivity contribution in [1.82, 2.24) is 44.5 Å². The molecule has 2 aromatic carbocycles. The molecule has 7 rings (SSSR count). The maximum atomic E-state index is 10.2.